The SMILES string of the molecule is CCOC(=O)C(=O)N/N=C(\c1ccccc1)c1cccnc1. The molecular weight excluding hydrogens is 282 g/mol. The molecule has 1 N–H and O–H groups in total. The molecule has 0 radical (unpaired) electrons. The van der Waals surface area contributed by atoms with Crippen LogP contribution in [0.25, 0.3) is 0 Å². The fourth-order valence-corrected chi connectivity index (χ4v) is 1.74. The predicted molar refractivity (Wildman–Crippen MR) is 81.1 cm³/mol. The average molecular weight is 297 g/mol. The quantitative estimate of drug-likeness (QED) is 0.401. The van der Waals surface area contributed by atoms with Crippen molar-refractivity contribution in [2.24, 2.45) is 5.10 Å². The van der Waals surface area contributed by atoms with Gasteiger partial charge < -0.3 is 4.74 Å². The Morgan fingerprint density at radius 1 is 1.14 bits per heavy atom. The molecule has 2 aromatic rings. The Balaban J connectivity index is 2.28. The minimum Gasteiger partial charge on any atom is -0.459 e. The zero-order valence-electron chi connectivity index (χ0n) is 12.0. The van der Waals surface area contributed by atoms with Gasteiger partial charge in [-0.1, -0.05) is 30.3 Å². The van der Waals surface area contributed by atoms with Crippen molar-refractivity contribution in [1.29, 1.82) is 0 Å². The maximum absolute atomic E-state index is 11.6. The highest BCUT2D eigenvalue weighted by atomic mass is 16.5. The Morgan fingerprint density at radius 3 is 2.50 bits per heavy atom. The summed E-state index contributed by atoms with van der Waals surface area (Å²) in [6.45, 7) is 1.75. The molecule has 6 heteroatoms. The third-order valence-electron chi connectivity index (χ3n) is 2.71. The van der Waals surface area contributed by atoms with Crippen LogP contribution in [0.3, 0.4) is 0 Å². The van der Waals surface area contributed by atoms with Gasteiger partial charge in [-0.25, -0.2) is 10.2 Å². The third kappa shape index (κ3) is 3.99. The number of esters is 1. The molecule has 112 valence electrons. The van der Waals surface area contributed by atoms with Gasteiger partial charge in [0, 0.05) is 23.5 Å². The van der Waals surface area contributed by atoms with Gasteiger partial charge in [-0.2, -0.15) is 5.10 Å². The molecule has 1 aromatic heterocycles. The Bertz CT molecular complexity index is 628. The standard InChI is InChI=1S/C16H15N3O3/c1-2-22-16(21)15(20)19-18-14(12-7-4-3-5-8-12)13-9-6-10-17-11-13/h3-11H,2H2,1H3,(H,19,20)/b18-14+. The molecule has 1 heterocycles. The Kier molecular flexibility index (Phi) is 5.37. The van der Waals surface area contributed by atoms with Crippen LogP contribution >= 0.6 is 0 Å². The molecule has 6 nitrogen and oxygen atoms in total. The highest BCUT2D eigenvalue weighted by Crippen LogP contribution is 2.09. The number of nitrogens with one attached hydrogen (secondary N) is 1. The lowest BCUT2D eigenvalue weighted by Crippen LogP contribution is -2.30. The smallest absolute Gasteiger partial charge is 0.398 e. The molecule has 0 aliphatic carbocycles. The minimum atomic E-state index is -0.968. The number of hydrazone groups is 1. The normalized spacial score (nSPS) is 10.9. The number of aromatic nitrogens is 1. The Morgan fingerprint density at radius 2 is 1.86 bits per heavy atom. The number of ether oxygens (including phenoxy) is 1. The van der Waals surface area contributed by atoms with Crippen LogP contribution in [0.15, 0.2) is 60.0 Å². The first-order valence-corrected chi connectivity index (χ1v) is 6.73. The molecule has 0 spiro atoms. The van der Waals surface area contributed by atoms with Crippen molar-refractivity contribution in [3.63, 3.8) is 0 Å². The maximum Gasteiger partial charge on any atom is 0.398 e. The number of hydrogen-bond donors (Lipinski definition) is 1. The topological polar surface area (TPSA) is 80.7 Å². The van der Waals surface area contributed by atoms with Crippen LogP contribution in [-0.4, -0.2) is 29.2 Å². The first-order chi connectivity index (χ1) is 10.7. The number of hydrogen-bond acceptors (Lipinski definition) is 5. The maximum atomic E-state index is 11.6. The summed E-state index contributed by atoms with van der Waals surface area (Å²) in [5.41, 5.74) is 4.23. The number of rotatable bonds is 4. The lowest BCUT2D eigenvalue weighted by Gasteiger charge is -2.07. The molecular formula is C16H15N3O3. The second-order valence-electron chi connectivity index (χ2n) is 4.23. The van der Waals surface area contributed by atoms with Crippen LogP contribution in [-0.2, 0) is 14.3 Å². The molecule has 0 aliphatic rings. The van der Waals surface area contributed by atoms with Crippen LogP contribution in [0.1, 0.15) is 18.1 Å². The molecule has 1 amide bonds. The largest absolute Gasteiger partial charge is 0.459 e. The van der Waals surface area contributed by atoms with Crippen LogP contribution < -0.4 is 5.43 Å². The van der Waals surface area contributed by atoms with Crippen LogP contribution in [0.2, 0.25) is 0 Å². The summed E-state index contributed by atoms with van der Waals surface area (Å²) in [5.74, 6) is -1.89. The average Bonchev–Trinajstić information content (AvgIpc) is 2.57. The van der Waals surface area contributed by atoms with Gasteiger partial charge >= 0.3 is 11.9 Å². The van der Waals surface area contributed by atoms with E-state index in [1.54, 1.807) is 25.4 Å². The number of pyridine rings is 1. The van der Waals surface area contributed by atoms with Gasteiger partial charge in [0.15, 0.2) is 0 Å². The van der Waals surface area contributed by atoms with Crippen molar-refractivity contribution in [2.75, 3.05) is 6.61 Å². The van der Waals surface area contributed by atoms with E-state index in [0.29, 0.717) is 5.71 Å². The van der Waals surface area contributed by atoms with Crippen LogP contribution in [0.4, 0.5) is 0 Å². The lowest BCUT2D eigenvalue weighted by molar-refractivity contribution is -0.154. The number of carbonyl (C=O) groups is 2. The summed E-state index contributed by atoms with van der Waals surface area (Å²) < 4.78 is 4.61. The Labute approximate surface area is 127 Å². The highest BCUT2D eigenvalue weighted by Gasteiger charge is 2.15. The summed E-state index contributed by atoms with van der Waals surface area (Å²) in [5, 5.41) is 4.04. The van der Waals surface area contributed by atoms with Crippen molar-refractivity contribution < 1.29 is 14.3 Å². The van der Waals surface area contributed by atoms with Crippen molar-refractivity contribution >= 4 is 17.6 Å². The second-order valence-corrected chi connectivity index (χ2v) is 4.23. The highest BCUT2D eigenvalue weighted by molar-refractivity contribution is 6.32. The van der Waals surface area contributed by atoms with E-state index < -0.39 is 11.9 Å². The van der Waals surface area contributed by atoms with E-state index in [4.69, 9.17) is 0 Å². The first-order valence-electron chi connectivity index (χ1n) is 6.73. The van der Waals surface area contributed by atoms with Gasteiger partial charge in [-0.3, -0.25) is 9.78 Å². The summed E-state index contributed by atoms with van der Waals surface area (Å²) in [4.78, 5) is 26.9. The number of amides is 1. The van der Waals surface area contributed by atoms with E-state index in [2.05, 4.69) is 20.2 Å². The molecule has 0 unspecified atom stereocenters. The number of benzene rings is 1. The fourth-order valence-electron chi connectivity index (χ4n) is 1.74. The predicted octanol–water partition coefficient (Wildman–Crippen LogP) is 1.51. The van der Waals surface area contributed by atoms with Crippen molar-refractivity contribution in [1.82, 2.24) is 10.4 Å². The molecule has 1 aromatic carbocycles. The zero-order chi connectivity index (χ0) is 15.8. The van der Waals surface area contributed by atoms with Crippen LogP contribution in [0.5, 0.6) is 0 Å². The van der Waals surface area contributed by atoms with E-state index in [1.165, 1.54) is 0 Å². The molecule has 2 rings (SSSR count). The van der Waals surface area contributed by atoms with Crippen molar-refractivity contribution in [2.45, 2.75) is 6.92 Å². The lowest BCUT2D eigenvalue weighted by atomic mass is 10.0. The van der Waals surface area contributed by atoms with Gasteiger partial charge in [0.25, 0.3) is 0 Å². The first kappa shape index (κ1) is 15.4. The molecule has 0 bridgehead atoms. The summed E-state index contributed by atoms with van der Waals surface area (Å²) in [6.07, 6.45) is 3.27. The molecule has 0 saturated heterocycles. The van der Waals surface area contributed by atoms with Gasteiger partial charge in [0.05, 0.1) is 12.3 Å². The third-order valence-corrected chi connectivity index (χ3v) is 2.71. The van der Waals surface area contributed by atoms with E-state index in [1.807, 2.05) is 36.4 Å². The van der Waals surface area contributed by atoms with Gasteiger partial charge in [-0.15, -0.1) is 0 Å². The van der Waals surface area contributed by atoms with Gasteiger partial charge in [-0.05, 0) is 19.1 Å². The number of carbonyl (C=O) groups excluding carboxylic acids is 2. The van der Waals surface area contributed by atoms with Crippen molar-refractivity contribution in [3.8, 4) is 0 Å². The van der Waals surface area contributed by atoms with Crippen LogP contribution in [0, 0.1) is 0 Å². The second kappa shape index (κ2) is 7.68. The summed E-state index contributed by atoms with van der Waals surface area (Å²) in [6, 6.07) is 12.9. The molecule has 22 heavy (non-hydrogen) atoms. The monoisotopic (exact) mass is 297 g/mol. The minimum absolute atomic E-state index is 0.129. The Hall–Kier alpha value is -3.02. The van der Waals surface area contributed by atoms with E-state index in [9.17, 15) is 9.59 Å². The molecule has 0 atom stereocenters. The van der Waals surface area contributed by atoms with E-state index in [0.717, 1.165) is 11.1 Å². The molecule has 0 fully saturated rings. The van der Waals surface area contributed by atoms with Gasteiger partial charge in [0.2, 0.25) is 0 Å². The molecule has 0 saturated carbocycles. The molecule has 0 aliphatic heterocycles. The number of nitrogens with zero attached hydrogens (tertiary/aromatic N) is 2. The summed E-state index contributed by atoms with van der Waals surface area (Å²) >= 11 is 0. The van der Waals surface area contributed by atoms with Crippen molar-refractivity contribution in [3.05, 3.63) is 66.0 Å². The summed E-state index contributed by atoms with van der Waals surface area (Å²) in [7, 11) is 0. The fraction of sp³-hybridized carbons (Fsp3) is 0.125. The van der Waals surface area contributed by atoms with E-state index >= 15 is 0 Å². The van der Waals surface area contributed by atoms with E-state index in [-0.39, 0.29) is 6.61 Å². The zero-order valence-corrected chi connectivity index (χ0v) is 12.0. The van der Waals surface area contributed by atoms with Gasteiger partial charge in [0.1, 0.15) is 0 Å².